The highest BCUT2D eigenvalue weighted by atomic mass is 32.2. The van der Waals surface area contributed by atoms with Crippen molar-refractivity contribution in [1.82, 2.24) is 15.6 Å². The number of aliphatic imine (C=N–C) groups is 1. The Morgan fingerprint density at radius 1 is 1.08 bits per heavy atom. The summed E-state index contributed by atoms with van der Waals surface area (Å²) < 4.78 is 0. The van der Waals surface area contributed by atoms with Crippen molar-refractivity contribution in [3.05, 3.63) is 65.5 Å². The summed E-state index contributed by atoms with van der Waals surface area (Å²) in [6.07, 6.45) is 2.72. The normalized spacial score (nSPS) is 11.3. The summed E-state index contributed by atoms with van der Waals surface area (Å²) >= 11 is 1.93. The van der Waals surface area contributed by atoms with Crippen LogP contribution in [0.1, 0.15) is 16.8 Å². The molecule has 2 N–H and O–H groups in total. The van der Waals surface area contributed by atoms with Crippen molar-refractivity contribution >= 4 is 17.7 Å². The Labute approximate surface area is 149 Å². The molecule has 0 unspecified atom stereocenters. The van der Waals surface area contributed by atoms with Crippen molar-refractivity contribution in [3.8, 4) is 0 Å². The molecule has 2 aromatic rings. The first-order chi connectivity index (χ1) is 11.8. The molecule has 0 aliphatic carbocycles. The van der Waals surface area contributed by atoms with Crippen LogP contribution in [-0.4, -0.2) is 36.8 Å². The van der Waals surface area contributed by atoms with Gasteiger partial charge in [0.05, 0.1) is 0 Å². The quantitative estimate of drug-likeness (QED) is 0.440. The van der Waals surface area contributed by atoms with Crippen LogP contribution < -0.4 is 10.6 Å². The molecular weight excluding hydrogens is 316 g/mol. The van der Waals surface area contributed by atoms with Crippen LogP contribution in [-0.2, 0) is 12.2 Å². The van der Waals surface area contributed by atoms with Crippen molar-refractivity contribution in [2.45, 2.75) is 19.1 Å². The van der Waals surface area contributed by atoms with Gasteiger partial charge in [0.25, 0.3) is 0 Å². The number of nitrogens with one attached hydrogen (secondary N) is 2. The molecule has 0 saturated heterocycles. The highest BCUT2D eigenvalue weighted by Gasteiger charge is 1.99. The number of benzene rings is 1. The van der Waals surface area contributed by atoms with Crippen LogP contribution in [0, 0.1) is 6.92 Å². The van der Waals surface area contributed by atoms with Gasteiger partial charge < -0.3 is 10.6 Å². The monoisotopic (exact) mass is 342 g/mol. The van der Waals surface area contributed by atoms with Gasteiger partial charge in [0, 0.05) is 50.0 Å². The summed E-state index contributed by atoms with van der Waals surface area (Å²) in [5.74, 6) is 2.95. The molecule has 1 aromatic carbocycles. The van der Waals surface area contributed by atoms with Gasteiger partial charge in [0.2, 0.25) is 0 Å². The molecule has 0 atom stereocenters. The van der Waals surface area contributed by atoms with E-state index >= 15 is 0 Å². The Bertz CT molecular complexity index is 611. The highest BCUT2D eigenvalue weighted by Crippen LogP contribution is 2.12. The van der Waals surface area contributed by atoms with Crippen molar-refractivity contribution in [3.63, 3.8) is 0 Å². The summed E-state index contributed by atoms with van der Waals surface area (Å²) in [7, 11) is 1.80. The lowest BCUT2D eigenvalue weighted by atomic mass is 10.2. The van der Waals surface area contributed by atoms with E-state index in [1.807, 2.05) is 36.2 Å². The van der Waals surface area contributed by atoms with E-state index in [4.69, 9.17) is 0 Å². The van der Waals surface area contributed by atoms with Gasteiger partial charge in [-0.05, 0) is 24.6 Å². The van der Waals surface area contributed by atoms with Crippen molar-refractivity contribution in [2.24, 2.45) is 4.99 Å². The third-order valence-electron chi connectivity index (χ3n) is 3.55. The largest absolute Gasteiger partial charge is 0.356 e. The van der Waals surface area contributed by atoms with Crippen LogP contribution >= 0.6 is 11.8 Å². The average molecular weight is 343 g/mol. The Hall–Kier alpha value is -2.01. The highest BCUT2D eigenvalue weighted by molar-refractivity contribution is 7.98. The molecule has 1 aromatic heterocycles. The lowest BCUT2D eigenvalue weighted by molar-refractivity contribution is 0.798. The minimum Gasteiger partial charge on any atom is -0.356 e. The number of rotatable bonds is 8. The van der Waals surface area contributed by atoms with E-state index < -0.39 is 0 Å². The number of thioether (sulfide) groups is 1. The lowest BCUT2D eigenvalue weighted by Crippen LogP contribution is -2.39. The summed E-state index contributed by atoms with van der Waals surface area (Å²) in [6.45, 7) is 3.85. The van der Waals surface area contributed by atoms with Gasteiger partial charge in [-0.1, -0.05) is 35.9 Å². The Morgan fingerprint density at radius 3 is 2.58 bits per heavy atom. The molecule has 0 spiro atoms. The lowest BCUT2D eigenvalue weighted by Gasteiger charge is -2.11. The molecule has 0 bridgehead atoms. The predicted molar refractivity (Wildman–Crippen MR) is 105 cm³/mol. The van der Waals surface area contributed by atoms with Crippen molar-refractivity contribution in [2.75, 3.05) is 25.9 Å². The minimum atomic E-state index is 0.827. The van der Waals surface area contributed by atoms with Crippen molar-refractivity contribution < 1.29 is 0 Å². The molecule has 2 rings (SSSR count). The van der Waals surface area contributed by atoms with E-state index in [1.165, 1.54) is 11.1 Å². The van der Waals surface area contributed by atoms with Crippen LogP contribution in [0.3, 0.4) is 0 Å². The van der Waals surface area contributed by atoms with Crippen molar-refractivity contribution in [1.29, 1.82) is 0 Å². The number of nitrogens with zero attached hydrogens (tertiary/aromatic N) is 2. The molecule has 0 aliphatic heterocycles. The van der Waals surface area contributed by atoms with Gasteiger partial charge in [-0.25, -0.2) is 0 Å². The van der Waals surface area contributed by atoms with Gasteiger partial charge in [-0.15, -0.1) is 0 Å². The molecule has 1 heterocycles. The number of aromatic nitrogens is 1. The number of hydrogen-bond acceptors (Lipinski definition) is 3. The SMILES string of the molecule is CN=C(NCCSCc1ccc(C)cc1)NCCc1ccccn1. The Kier molecular flexibility index (Phi) is 8.18. The fraction of sp³-hybridized carbons (Fsp3) is 0.368. The van der Waals surface area contributed by atoms with E-state index in [2.05, 4.69) is 51.8 Å². The molecule has 0 aliphatic rings. The standard InChI is InChI=1S/C19H26N4S/c1-16-6-8-17(9-7-16)15-24-14-13-23-19(20-2)22-12-10-18-5-3-4-11-21-18/h3-9,11H,10,12-15H2,1-2H3,(H2,20,22,23). The zero-order valence-electron chi connectivity index (χ0n) is 14.5. The second-order valence-corrected chi connectivity index (χ2v) is 6.64. The molecule has 0 amide bonds. The zero-order chi connectivity index (χ0) is 17.0. The average Bonchev–Trinajstić information content (AvgIpc) is 2.62. The van der Waals surface area contributed by atoms with Crippen LogP contribution in [0.25, 0.3) is 0 Å². The van der Waals surface area contributed by atoms with Crippen LogP contribution in [0.5, 0.6) is 0 Å². The van der Waals surface area contributed by atoms with E-state index in [1.54, 1.807) is 7.05 Å². The second kappa shape index (κ2) is 10.7. The summed E-state index contributed by atoms with van der Waals surface area (Å²) in [6, 6.07) is 14.7. The fourth-order valence-electron chi connectivity index (χ4n) is 2.19. The third-order valence-corrected chi connectivity index (χ3v) is 4.58. The van der Waals surface area contributed by atoms with E-state index in [0.29, 0.717) is 0 Å². The molecule has 0 saturated carbocycles. The summed E-state index contributed by atoms with van der Waals surface area (Å²) in [4.78, 5) is 8.57. The molecule has 5 heteroatoms. The first-order valence-corrected chi connectivity index (χ1v) is 9.41. The molecule has 4 nitrogen and oxygen atoms in total. The molecule has 24 heavy (non-hydrogen) atoms. The summed E-state index contributed by atoms with van der Waals surface area (Å²) in [5, 5.41) is 6.67. The maximum Gasteiger partial charge on any atom is 0.191 e. The van der Waals surface area contributed by atoms with E-state index in [9.17, 15) is 0 Å². The predicted octanol–water partition coefficient (Wildman–Crippen LogP) is 3.03. The number of guanidine groups is 1. The second-order valence-electron chi connectivity index (χ2n) is 5.54. The third kappa shape index (κ3) is 7.04. The van der Waals surface area contributed by atoms with Gasteiger partial charge in [0.1, 0.15) is 0 Å². The maximum atomic E-state index is 4.32. The van der Waals surface area contributed by atoms with Crippen LogP contribution in [0.4, 0.5) is 0 Å². The molecule has 128 valence electrons. The first-order valence-electron chi connectivity index (χ1n) is 8.25. The van der Waals surface area contributed by atoms with Gasteiger partial charge >= 0.3 is 0 Å². The van der Waals surface area contributed by atoms with Gasteiger partial charge in [0.15, 0.2) is 5.96 Å². The number of aryl methyl sites for hydroxylation is 1. The van der Waals surface area contributed by atoms with E-state index in [-0.39, 0.29) is 0 Å². The van der Waals surface area contributed by atoms with Gasteiger partial charge in [-0.3, -0.25) is 9.98 Å². The van der Waals surface area contributed by atoms with E-state index in [0.717, 1.165) is 42.7 Å². The Balaban J connectivity index is 1.57. The molecule has 0 fully saturated rings. The summed E-state index contributed by atoms with van der Waals surface area (Å²) in [5.41, 5.74) is 3.78. The number of hydrogen-bond donors (Lipinski definition) is 2. The minimum absolute atomic E-state index is 0.827. The van der Waals surface area contributed by atoms with Crippen LogP contribution in [0.2, 0.25) is 0 Å². The Morgan fingerprint density at radius 2 is 1.88 bits per heavy atom. The fourth-order valence-corrected chi connectivity index (χ4v) is 3.01. The topological polar surface area (TPSA) is 49.3 Å². The maximum absolute atomic E-state index is 4.32. The first kappa shape index (κ1) is 18.3. The van der Waals surface area contributed by atoms with Crippen LogP contribution in [0.15, 0.2) is 53.7 Å². The smallest absolute Gasteiger partial charge is 0.191 e. The molecular formula is C19H26N4S. The van der Waals surface area contributed by atoms with Gasteiger partial charge in [-0.2, -0.15) is 11.8 Å². The molecule has 0 radical (unpaired) electrons. The zero-order valence-corrected chi connectivity index (χ0v) is 15.3. The number of pyridine rings is 1.